The normalized spacial score (nSPS) is 10.2. The average molecular weight is 337 g/mol. The van der Waals surface area contributed by atoms with Gasteiger partial charge in [-0.3, -0.25) is 0 Å². The Morgan fingerprint density at radius 2 is 1.71 bits per heavy atom. The molecule has 0 aliphatic rings. The molecule has 8 nitrogen and oxygen atoms in total. The summed E-state index contributed by atoms with van der Waals surface area (Å²) in [6.45, 7) is 4.74. The number of hydrogen-bond donors (Lipinski definition) is 5. The number of amides is 2. The number of carboxylic acid groups (broad SMARTS) is 2. The van der Waals surface area contributed by atoms with E-state index in [1.165, 1.54) is 0 Å². The number of aliphatic carboxylic acids is 2. The summed E-state index contributed by atoms with van der Waals surface area (Å²) in [7, 11) is 0. The van der Waals surface area contributed by atoms with Crippen LogP contribution in [-0.4, -0.2) is 34.7 Å². The van der Waals surface area contributed by atoms with E-state index in [-0.39, 0.29) is 0 Å². The maximum absolute atomic E-state index is 10.9. The Labute approximate surface area is 140 Å². The topological polar surface area (TPSA) is 156 Å². The number of carboxylic acids is 2. The predicted octanol–water partition coefficient (Wildman–Crippen LogP) is 1.51. The summed E-state index contributed by atoms with van der Waals surface area (Å²) in [4.78, 5) is 30.0. The average Bonchev–Trinajstić information content (AvgIpc) is 2.45. The number of rotatable bonds is 6. The quantitative estimate of drug-likeness (QED) is 0.495. The lowest BCUT2D eigenvalue weighted by atomic mass is 9.98. The molecule has 1 aromatic rings. The first-order chi connectivity index (χ1) is 11.2. The molecule has 8 heteroatoms. The number of carbonyl (C=O) groups excluding carboxylic acids is 1. The summed E-state index contributed by atoms with van der Waals surface area (Å²) < 4.78 is 0. The number of benzene rings is 1. The largest absolute Gasteiger partial charge is 0.478 e. The lowest BCUT2D eigenvalue weighted by Gasteiger charge is -2.14. The molecule has 7 N–H and O–H groups in total. The number of nitrogens with one attached hydrogen (secondary N) is 1. The van der Waals surface area contributed by atoms with Crippen LogP contribution in [0.5, 0.6) is 0 Å². The van der Waals surface area contributed by atoms with E-state index >= 15 is 0 Å². The number of urea groups is 1. The number of nitrogens with two attached hydrogens (primary N) is 2. The fourth-order valence-corrected chi connectivity index (χ4v) is 1.81. The first-order valence-electron chi connectivity index (χ1n) is 7.20. The monoisotopic (exact) mass is 337 g/mol. The van der Waals surface area contributed by atoms with Gasteiger partial charge in [0, 0.05) is 17.8 Å². The summed E-state index contributed by atoms with van der Waals surface area (Å²) in [5, 5.41) is 18.3. The summed E-state index contributed by atoms with van der Waals surface area (Å²) in [6, 6.07) is 5.45. The molecule has 0 fully saturated rings. The Hall–Kier alpha value is -2.87. The second-order valence-electron chi connectivity index (χ2n) is 5.11. The van der Waals surface area contributed by atoms with Crippen molar-refractivity contribution in [1.82, 2.24) is 0 Å². The van der Waals surface area contributed by atoms with Crippen LogP contribution in [0.2, 0.25) is 0 Å². The Morgan fingerprint density at radius 1 is 1.17 bits per heavy atom. The molecule has 0 bridgehead atoms. The molecular weight excluding hydrogens is 314 g/mol. The molecule has 0 unspecified atom stereocenters. The van der Waals surface area contributed by atoms with E-state index in [1.54, 1.807) is 0 Å². The fourth-order valence-electron chi connectivity index (χ4n) is 1.81. The standard InChI is InChI=1S/C12H19N3O.C4H4O4/c1-8(2)10-4-3-9(5-6-13)7-11(10)15-12(14)16;5-3(6)1-2-4(7)8/h3-4,7-8H,5-6,13H2,1-2H3,(H3,14,15,16);1-2H,(H,5,6)(H,7,8)/b;2-1-. The van der Waals surface area contributed by atoms with Gasteiger partial charge in [0.25, 0.3) is 0 Å². The van der Waals surface area contributed by atoms with Crippen LogP contribution in [0, 0.1) is 0 Å². The molecule has 1 aromatic carbocycles. The minimum Gasteiger partial charge on any atom is -0.478 e. The third kappa shape index (κ3) is 9.21. The number of primary amides is 1. The highest BCUT2D eigenvalue weighted by molar-refractivity contribution is 5.89. The van der Waals surface area contributed by atoms with Gasteiger partial charge in [0.2, 0.25) is 0 Å². The van der Waals surface area contributed by atoms with Gasteiger partial charge in [0.15, 0.2) is 0 Å². The van der Waals surface area contributed by atoms with E-state index in [0.29, 0.717) is 24.6 Å². The van der Waals surface area contributed by atoms with Gasteiger partial charge < -0.3 is 27.0 Å². The van der Waals surface area contributed by atoms with Crippen molar-refractivity contribution < 1.29 is 24.6 Å². The highest BCUT2D eigenvalue weighted by atomic mass is 16.4. The number of hydrogen-bond acceptors (Lipinski definition) is 4. The van der Waals surface area contributed by atoms with Crippen LogP contribution in [0.15, 0.2) is 30.4 Å². The van der Waals surface area contributed by atoms with Gasteiger partial charge in [-0.1, -0.05) is 26.0 Å². The van der Waals surface area contributed by atoms with Crippen LogP contribution < -0.4 is 16.8 Å². The Balaban J connectivity index is 0.000000561. The first-order valence-corrected chi connectivity index (χ1v) is 7.20. The summed E-state index contributed by atoms with van der Waals surface area (Å²) in [5.41, 5.74) is 13.6. The summed E-state index contributed by atoms with van der Waals surface area (Å²) >= 11 is 0. The Morgan fingerprint density at radius 3 is 2.08 bits per heavy atom. The van der Waals surface area contributed by atoms with E-state index in [4.69, 9.17) is 21.7 Å². The fraction of sp³-hybridized carbons (Fsp3) is 0.312. The zero-order chi connectivity index (χ0) is 18.7. The minimum atomic E-state index is -1.26. The molecule has 0 atom stereocenters. The van der Waals surface area contributed by atoms with Gasteiger partial charge in [-0.05, 0) is 36.1 Å². The van der Waals surface area contributed by atoms with Crippen molar-refractivity contribution in [1.29, 1.82) is 0 Å². The summed E-state index contributed by atoms with van der Waals surface area (Å²) in [6.07, 6.45) is 1.91. The minimum absolute atomic E-state index is 0.341. The molecule has 0 radical (unpaired) electrons. The van der Waals surface area contributed by atoms with Crippen LogP contribution >= 0.6 is 0 Å². The number of anilines is 1. The maximum Gasteiger partial charge on any atom is 0.328 e. The van der Waals surface area contributed by atoms with Gasteiger partial charge in [0.1, 0.15) is 0 Å². The molecular formula is C16H23N3O5. The van der Waals surface area contributed by atoms with Crippen molar-refractivity contribution in [2.75, 3.05) is 11.9 Å². The van der Waals surface area contributed by atoms with E-state index in [0.717, 1.165) is 23.2 Å². The van der Waals surface area contributed by atoms with Crippen LogP contribution in [0.1, 0.15) is 30.9 Å². The molecule has 0 heterocycles. The lowest BCUT2D eigenvalue weighted by molar-refractivity contribution is -0.134. The van der Waals surface area contributed by atoms with E-state index in [1.807, 2.05) is 18.2 Å². The first kappa shape index (κ1) is 21.1. The zero-order valence-electron chi connectivity index (χ0n) is 13.7. The third-order valence-corrected chi connectivity index (χ3v) is 2.80. The highest BCUT2D eigenvalue weighted by Gasteiger charge is 2.08. The molecule has 0 aliphatic carbocycles. The zero-order valence-corrected chi connectivity index (χ0v) is 13.7. The molecule has 132 valence electrons. The molecule has 0 aromatic heterocycles. The SMILES string of the molecule is CC(C)c1ccc(CCN)cc1NC(N)=O.O=C(O)/C=C\C(=O)O. The second-order valence-corrected chi connectivity index (χ2v) is 5.11. The third-order valence-electron chi connectivity index (χ3n) is 2.80. The van der Waals surface area contributed by atoms with Crippen molar-refractivity contribution in [3.8, 4) is 0 Å². The summed E-state index contributed by atoms with van der Waals surface area (Å²) in [5.74, 6) is -2.17. The van der Waals surface area contributed by atoms with Gasteiger partial charge >= 0.3 is 18.0 Å². The predicted molar refractivity (Wildman–Crippen MR) is 90.9 cm³/mol. The van der Waals surface area contributed by atoms with Crippen LogP contribution in [0.3, 0.4) is 0 Å². The maximum atomic E-state index is 10.9. The molecule has 1 rings (SSSR count). The molecule has 0 aliphatic heterocycles. The molecule has 2 amide bonds. The van der Waals surface area contributed by atoms with Crippen molar-refractivity contribution in [2.45, 2.75) is 26.2 Å². The Kier molecular flexibility index (Phi) is 9.50. The number of carbonyl (C=O) groups is 3. The van der Waals surface area contributed by atoms with Gasteiger partial charge in [-0.15, -0.1) is 0 Å². The second kappa shape index (κ2) is 10.8. The molecule has 0 saturated carbocycles. The van der Waals surface area contributed by atoms with Gasteiger partial charge in [-0.25, -0.2) is 14.4 Å². The van der Waals surface area contributed by atoms with Crippen LogP contribution in [-0.2, 0) is 16.0 Å². The van der Waals surface area contributed by atoms with E-state index in [9.17, 15) is 14.4 Å². The van der Waals surface area contributed by atoms with E-state index in [2.05, 4.69) is 19.2 Å². The molecule has 24 heavy (non-hydrogen) atoms. The smallest absolute Gasteiger partial charge is 0.328 e. The van der Waals surface area contributed by atoms with E-state index < -0.39 is 18.0 Å². The van der Waals surface area contributed by atoms with Crippen LogP contribution in [0.4, 0.5) is 10.5 Å². The molecule has 0 spiro atoms. The van der Waals surface area contributed by atoms with Crippen molar-refractivity contribution >= 4 is 23.7 Å². The van der Waals surface area contributed by atoms with Crippen molar-refractivity contribution in [3.05, 3.63) is 41.5 Å². The molecule has 0 saturated heterocycles. The van der Waals surface area contributed by atoms with Crippen molar-refractivity contribution in [2.24, 2.45) is 11.5 Å². The highest BCUT2D eigenvalue weighted by Crippen LogP contribution is 2.25. The van der Waals surface area contributed by atoms with Gasteiger partial charge in [0.05, 0.1) is 0 Å². The van der Waals surface area contributed by atoms with Crippen LogP contribution in [0.25, 0.3) is 0 Å². The van der Waals surface area contributed by atoms with Gasteiger partial charge in [-0.2, -0.15) is 0 Å². The lowest BCUT2D eigenvalue weighted by Crippen LogP contribution is -2.20. The Bertz CT molecular complexity index is 596. The van der Waals surface area contributed by atoms with Crippen molar-refractivity contribution in [3.63, 3.8) is 0 Å².